The molecule has 0 aliphatic carbocycles. The predicted molar refractivity (Wildman–Crippen MR) is 87.1 cm³/mol. The number of nitrogens with one attached hydrogen (secondary N) is 1. The smallest absolute Gasteiger partial charge is 0.317 e. The van der Waals surface area contributed by atoms with Crippen LogP contribution in [-0.4, -0.2) is 45.6 Å². The number of carbonyl (C=O) groups is 3. The van der Waals surface area contributed by atoms with Crippen LogP contribution in [-0.2, 0) is 14.4 Å². The lowest BCUT2D eigenvalue weighted by Gasteiger charge is -2.15. The number of amides is 1. The molecule has 0 bridgehead atoms. The van der Waals surface area contributed by atoms with E-state index in [9.17, 15) is 14.4 Å². The molecule has 22 heavy (non-hydrogen) atoms. The normalized spacial score (nSPS) is 13.4. The van der Waals surface area contributed by atoms with E-state index in [4.69, 9.17) is 10.2 Å². The maximum Gasteiger partial charge on any atom is 0.317 e. The van der Waals surface area contributed by atoms with E-state index in [-0.39, 0.29) is 12.3 Å². The minimum absolute atomic E-state index is 0.109. The molecule has 6 nitrogen and oxygen atoms in total. The Hall–Kier alpha value is -1.24. The van der Waals surface area contributed by atoms with Gasteiger partial charge in [-0.15, -0.1) is 11.8 Å². The van der Waals surface area contributed by atoms with E-state index < -0.39 is 23.6 Å². The van der Waals surface area contributed by atoms with Gasteiger partial charge >= 0.3 is 11.9 Å². The van der Waals surface area contributed by atoms with Gasteiger partial charge in [0.2, 0.25) is 5.91 Å². The zero-order chi connectivity index (χ0) is 17.0. The summed E-state index contributed by atoms with van der Waals surface area (Å²) in [5.74, 6) is -1.62. The lowest BCUT2D eigenvalue weighted by molar-refractivity contribution is -0.142. The number of hydrogen-bond donors (Lipinski definition) is 3. The van der Waals surface area contributed by atoms with Crippen LogP contribution in [0.5, 0.6) is 0 Å². The minimum Gasteiger partial charge on any atom is -0.481 e. The van der Waals surface area contributed by atoms with Crippen molar-refractivity contribution in [2.24, 2.45) is 5.92 Å². The van der Waals surface area contributed by atoms with Gasteiger partial charge < -0.3 is 15.5 Å². The quantitative estimate of drug-likeness (QED) is 0.478. The third kappa shape index (κ3) is 10.5. The Morgan fingerprint density at radius 2 is 1.86 bits per heavy atom. The minimum atomic E-state index is -1.15. The average Bonchev–Trinajstić information content (AvgIpc) is 2.45. The number of unbranched alkanes of at least 4 members (excludes halogenated alkanes) is 1. The van der Waals surface area contributed by atoms with Crippen molar-refractivity contribution >= 4 is 29.6 Å². The highest BCUT2D eigenvalue weighted by Crippen LogP contribution is 2.16. The summed E-state index contributed by atoms with van der Waals surface area (Å²) in [6.07, 6.45) is 4.19. The molecule has 3 N–H and O–H groups in total. The monoisotopic (exact) mass is 333 g/mol. The van der Waals surface area contributed by atoms with Crippen LogP contribution in [0.4, 0.5) is 0 Å². The highest BCUT2D eigenvalue weighted by molar-refractivity contribution is 8.00. The molecular weight excluding hydrogens is 306 g/mol. The molecule has 0 aliphatic rings. The van der Waals surface area contributed by atoms with E-state index in [1.807, 2.05) is 0 Å². The van der Waals surface area contributed by atoms with Crippen molar-refractivity contribution in [2.75, 3.05) is 12.3 Å². The molecule has 0 aromatic heterocycles. The zero-order valence-corrected chi connectivity index (χ0v) is 14.2. The topological polar surface area (TPSA) is 104 Å². The van der Waals surface area contributed by atoms with Crippen LogP contribution < -0.4 is 5.32 Å². The number of carbonyl (C=O) groups excluding carboxylic acids is 1. The second kappa shape index (κ2) is 12.3. The molecule has 1 amide bonds. The molecule has 0 radical (unpaired) electrons. The fourth-order valence-corrected chi connectivity index (χ4v) is 2.95. The Morgan fingerprint density at radius 1 is 1.18 bits per heavy atom. The van der Waals surface area contributed by atoms with Crippen molar-refractivity contribution in [3.05, 3.63) is 0 Å². The molecule has 0 fully saturated rings. The molecule has 0 saturated carbocycles. The number of rotatable bonds is 13. The zero-order valence-electron chi connectivity index (χ0n) is 13.3. The predicted octanol–water partition coefficient (Wildman–Crippen LogP) is 2.37. The van der Waals surface area contributed by atoms with E-state index >= 15 is 0 Å². The molecule has 0 aromatic rings. The first-order chi connectivity index (χ1) is 10.4. The van der Waals surface area contributed by atoms with E-state index in [0.29, 0.717) is 18.2 Å². The summed E-state index contributed by atoms with van der Waals surface area (Å²) < 4.78 is 0. The Kier molecular flexibility index (Phi) is 11.6. The third-order valence-corrected chi connectivity index (χ3v) is 4.63. The number of thioether (sulfide) groups is 1. The summed E-state index contributed by atoms with van der Waals surface area (Å²) in [6.45, 7) is 4.89. The van der Waals surface area contributed by atoms with Crippen LogP contribution >= 0.6 is 11.8 Å². The van der Waals surface area contributed by atoms with Gasteiger partial charge in [0, 0.05) is 18.7 Å². The summed E-state index contributed by atoms with van der Waals surface area (Å²) in [4.78, 5) is 33.2. The first-order valence-corrected chi connectivity index (χ1v) is 8.78. The van der Waals surface area contributed by atoms with Gasteiger partial charge in [0.05, 0.1) is 6.42 Å². The molecule has 0 spiro atoms. The van der Waals surface area contributed by atoms with Crippen LogP contribution in [0.3, 0.4) is 0 Å². The van der Waals surface area contributed by atoms with Gasteiger partial charge in [-0.2, -0.15) is 0 Å². The van der Waals surface area contributed by atoms with Gasteiger partial charge in [0.15, 0.2) is 0 Å². The SMILES string of the molecule is CCCCC(CC)CNC(=O)CCSC(CC(=O)O)C(=O)O. The van der Waals surface area contributed by atoms with E-state index in [1.165, 1.54) is 0 Å². The maximum atomic E-state index is 11.7. The summed E-state index contributed by atoms with van der Waals surface area (Å²) in [7, 11) is 0. The molecule has 7 heteroatoms. The fourth-order valence-electron chi connectivity index (χ4n) is 1.96. The van der Waals surface area contributed by atoms with Crippen LogP contribution in [0.25, 0.3) is 0 Å². The number of aliphatic carboxylic acids is 2. The lowest BCUT2D eigenvalue weighted by atomic mass is 9.99. The molecule has 2 unspecified atom stereocenters. The fraction of sp³-hybridized carbons (Fsp3) is 0.800. The van der Waals surface area contributed by atoms with Gasteiger partial charge in [-0.1, -0.05) is 33.1 Å². The van der Waals surface area contributed by atoms with Crippen molar-refractivity contribution in [1.29, 1.82) is 0 Å². The van der Waals surface area contributed by atoms with Gasteiger partial charge in [-0.3, -0.25) is 14.4 Å². The number of carboxylic acid groups (broad SMARTS) is 2. The molecule has 0 rings (SSSR count). The Bertz CT molecular complexity index is 362. The molecule has 0 heterocycles. The maximum absolute atomic E-state index is 11.7. The van der Waals surface area contributed by atoms with E-state index in [0.717, 1.165) is 37.4 Å². The van der Waals surface area contributed by atoms with Crippen molar-refractivity contribution in [3.8, 4) is 0 Å². The Balaban J connectivity index is 3.96. The molecule has 0 aliphatic heterocycles. The summed E-state index contributed by atoms with van der Waals surface area (Å²) in [6, 6.07) is 0. The first kappa shape index (κ1) is 20.8. The first-order valence-electron chi connectivity index (χ1n) is 7.73. The average molecular weight is 333 g/mol. The summed E-state index contributed by atoms with van der Waals surface area (Å²) in [5, 5.41) is 19.4. The molecular formula is C15H27NO5S. The number of hydrogen-bond acceptors (Lipinski definition) is 4. The highest BCUT2D eigenvalue weighted by Gasteiger charge is 2.21. The molecule has 2 atom stereocenters. The molecule has 0 saturated heterocycles. The van der Waals surface area contributed by atoms with Crippen LogP contribution in [0, 0.1) is 5.92 Å². The van der Waals surface area contributed by atoms with Crippen LogP contribution in [0.2, 0.25) is 0 Å². The van der Waals surface area contributed by atoms with Gasteiger partial charge in [-0.25, -0.2) is 0 Å². The van der Waals surface area contributed by atoms with Crippen molar-refractivity contribution in [1.82, 2.24) is 5.32 Å². The molecule has 0 aromatic carbocycles. The van der Waals surface area contributed by atoms with Crippen LogP contribution in [0.1, 0.15) is 52.4 Å². The van der Waals surface area contributed by atoms with Crippen LogP contribution in [0.15, 0.2) is 0 Å². The third-order valence-electron chi connectivity index (χ3n) is 3.41. The van der Waals surface area contributed by atoms with Gasteiger partial charge in [0.25, 0.3) is 0 Å². The van der Waals surface area contributed by atoms with Gasteiger partial charge in [0.1, 0.15) is 5.25 Å². The van der Waals surface area contributed by atoms with E-state index in [2.05, 4.69) is 19.2 Å². The second-order valence-electron chi connectivity index (χ2n) is 5.27. The van der Waals surface area contributed by atoms with Crippen molar-refractivity contribution < 1.29 is 24.6 Å². The standard InChI is InChI=1S/C15H27NO5S/c1-3-5-6-11(4-2)10-16-13(17)7-8-22-12(15(20)21)9-14(18)19/h11-12H,3-10H2,1-2H3,(H,16,17)(H,18,19)(H,20,21). The Morgan fingerprint density at radius 3 is 2.36 bits per heavy atom. The largest absolute Gasteiger partial charge is 0.481 e. The van der Waals surface area contributed by atoms with Crippen molar-refractivity contribution in [2.45, 2.75) is 57.6 Å². The second-order valence-corrected chi connectivity index (χ2v) is 6.58. The lowest BCUT2D eigenvalue weighted by Crippen LogP contribution is -2.29. The van der Waals surface area contributed by atoms with Gasteiger partial charge in [-0.05, 0) is 12.3 Å². The van der Waals surface area contributed by atoms with E-state index in [1.54, 1.807) is 0 Å². The van der Waals surface area contributed by atoms with Crippen molar-refractivity contribution in [3.63, 3.8) is 0 Å². The summed E-state index contributed by atoms with van der Waals surface area (Å²) >= 11 is 0.999. The number of carboxylic acids is 2. The highest BCUT2D eigenvalue weighted by atomic mass is 32.2. The summed E-state index contributed by atoms with van der Waals surface area (Å²) in [5.41, 5.74) is 0. The molecule has 128 valence electrons. The Labute approximate surface area is 136 Å².